The van der Waals surface area contributed by atoms with Crippen molar-refractivity contribution in [3.8, 4) is 5.75 Å². The van der Waals surface area contributed by atoms with Gasteiger partial charge in [-0.1, -0.05) is 0 Å². The Balaban J connectivity index is 2.09. The average molecular weight is 289 g/mol. The summed E-state index contributed by atoms with van der Waals surface area (Å²) in [6.07, 6.45) is 0. The normalized spacial score (nSPS) is 17.6. The molecule has 1 heterocycles. The highest BCUT2D eigenvalue weighted by molar-refractivity contribution is 9.10. The molecule has 2 rings (SSSR count). The van der Waals surface area contributed by atoms with E-state index in [9.17, 15) is 9.50 Å². The number of piperazine rings is 1. The summed E-state index contributed by atoms with van der Waals surface area (Å²) in [5, 5.41) is 12.8. The third-order valence-electron chi connectivity index (χ3n) is 2.68. The van der Waals surface area contributed by atoms with Gasteiger partial charge in [-0.05, 0) is 33.6 Å². The van der Waals surface area contributed by atoms with Crippen LogP contribution in [0.2, 0.25) is 0 Å². The Labute approximate surface area is 102 Å². The topological polar surface area (TPSA) is 35.5 Å². The molecule has 0 amide bonds. The molecule has 0 spiro atoms. The van der Waals surface area contributed by atoms with E-state index in [-0.39, 0.29) is 10.2 Å². The van der Waals surface area contributed by atoms with Gasteiger partial charge in [-0.3, -0.25) is 4.90 Å². The molecule has 16 heavy (non-hydrogen) atoms. The fourth-order valence-electron chi connectivity index (χ4n) is 1.85. The number of nitrogens with one attached hydrogen (secondary N) is 1. The van der Waals surface area contributed by atoms with E-state index in [0.29, 0.717) is 6.54 Å². The molecule has 3 nitrogen and oxygen atoms in total. The molecule has 0 saturated carbocycles. The van der Waals surface area contributed by atoms with E-state index in [1.165, 1.54) is 6.07 Å². The van der Waals surface area contributed by atoms with Crippen LogP contribution < -0.4 is 5.32 Å². The molecule has 0 aliphatic carbocycles. The van der Waals surface area contributed by atoms with Crippen LogP contribution in [-0.2, 0) is 6.54 Å². The van der Waals surface area contributed by atoms with Gasteiger partial charge >= 0.3 is 0 Å². The second-order valence-corrected chi connectivity index (χ2v) is 4.73. The summed E-state index contributed by atoms with van der Waals surface area (Å²) in [7, 11) is 0. The molecule has 0 radical (unpaired) electrons. The summed E-state index contributed by atoms with van der Waals surface area (Å²) in [5.74, 6) is -0.449. The Kier molecular flexibility index (Phi) is 3.78. The first-order valence-electron chi connectivity index (χ1n) is 5.27. The summed E-state index contributed by atoms with van der Waals surface area (Å²) in [6.45, 7) is 4.52. The molecule has 1 aromatic rings. The largest absolute Gasteiger partial charge is 0.507 e. The van der Waals surface area contributed by atoms with Gasteiger partial charge in [-0.25, -0.2) is 4.39 Å². The standard InChI is InChI=1S/C11H14BrFN2O/c12-11-9(13)5-8(6-10(11)16)7-15-3-1-14-2-4-15/h5-6,14,16H,1-4,7H2. The van der Waals surface area contributed by atoms with Gasteiger partial charge in [0.2, 0.25) is 0 Å². The number of halogens is 2. The molecule has 0 unspecified atom stereocenters. The smallest absolute Gasteiger partial charge is 0.141 e. The van der Waals surface area contributed by atoms with Crippen molar-refractivity contribution < 1.29 is 9.50 Å². The lowest BCUT2D eigenvalue weighted by Crippen LogP contribution is -2.42. The number of hydrogen-bond acceptors (Lipinski definition) is 3. The number of phenolic OH excluding ortho intramolecular Hbond substituents is 1. The number of aromatic hydroxyl groups is 1. The fraction of sp³-hybridized carbons (Fsp3) is 0.455. The molecule has 1 aromatic carbocycles. The molecule has 0 atom stereocenters. The number of hydrogen-bond donors (Lipinski definition) is 2. The van der Waals surface area contributed by atoms with Crippen molar-refractivity contribution in [1.29, 1.82) is 0 Å². The number of rotatable bonds is 2. The SMILES string of the molecule is Oc1cc(CN2CCNCC2)cc(F)c1Br. The van der Waals surface area contributed by atoms with E-state index in [2.05, 4.69) is 26.1 Å². The van der Waals surface area contributed by atoms with Gasteiger partial charge in [0, 0.05) is 32.7 Å². The zero-order chi connectivity index (χ0) is 11.5. The predicted octanol–water partition coefficient (Wildman–Crippen LogP) is 1.70. The minimum atomic E-state index is -0.412. The molecule has 2 N–H and O–H groups in total. The molecular formula is C11H14BrFN2O. The van der Waals surface area contributed by atoms with Crippen molar-refractivity contribution >= 4 is 15.9 Å². The lowest BCUT2D eigenvalue weighted by Gasteiger charge is -2.27. The van der Waals surface area contributed by atoms with E-state index in [4.69, 9.17) is 0 Å². The van der Waals surface area contributed by atoms with E-state index in [1.54, 1.807) is 6.07 Å². The molecule has 1 aliphatic heterocycles. The summed E-state index contributed by atoms with van der Waals surface area (Å²) >= 11 is 2.99. The minimum Gasteiger partial charge on any atom is -0.507 e. The van der Waals surface area contributed by atoms with Crippen LogP contribution in [0.1, 0.15) is 5.56 Å². The first kappa shape index (κ1) is 11.8. The lowest BCUT2D eigenvalue weighted by atomic mass is 10.2. The number of benzene rings is 1. The quantitative estimate of drug-likeness (QED) is 0.870. The van der Waals surface area contributed by atoms with Crippen LogP contribution in [0.5, 0.6) is 5.75 Å². The van der Waals surface area contributed by atoms with Gasteiger partial charge in [0.05, 0.1) is 4.47 Å². The fourth-order valence-corrected chi connectivity index (χ4v) is 2.08. The maximum absolute atomic E-state index is 13.4. The third-order valence-corrected chi connectivity index (χ3v) is 3.47. The average Bonchev–Trinajstić information content (AvgIpc) is 2.27. The lowest BCUT2D eigenvalue weighted by molar-refractivity contribution is 0.232. The monoisotopic (exact) mass is 288 g/mol. The Bertz CT molecular complexity index is 357. The van der Waals surface area contributed by atoms with E-state index in [0.717, 1.165) is 31.7 Å². The van der Waals surface area contributed by atoms with Crippen molar-refractivity contribution in [1.82, 2.24) is 10.2 Å². The van der Waals surface area contributed by atoms with Gasteiger partial charge in [-0.15, -0.1) is 0 Å². The van der Waals surface area contributed by atoms with E-state index < -0.39 is 5.82 Å². The van der Waals surface area contributed by atoms with Crippen LogP contribution >= 0.6 is 15.9 Å². The molecule has 0 aromatic heterocycles. The Hall–Kier alpha value is -0.650. The second-order valence-electron chi connectivity index (χ2n) is 3.94. The second kappa shape index (κ2) is 5.12. The summed E-state index contributed by atoms with van der Waals surface area (Å²) in [6, 6.07) is 3.07. The van der Waals surface area contributed by atoms with Crippen molar-refractivity contribution in [3.63, 3.8) is 0 Å². The van der Waals surface area contributed by atoms with Gasteiger partial charge in [-0.2, -0.15) is 0 Å². The molecule has 5 heteroatoms. The molecule has 0 bridgehead atoms. The highest BCUT2D eigenvalue weighted by Crippen LogP contribution is 2.28. The molecule has 1 aliphatic rings. The van der Waals surface area contributed by atoms with Gasteiger partial charge in [0.1, 0.15) is 11.6 Å². The maximum Gasteiger partial charge on any atom is 0.141 e. The van der Waals surface area contributed by atoms with Crippen LogP contribution in [0.25, 0.3) is 0 Å². The third kappa shape index (κ3) is 2.72. The van der Waals surface area contributed by atoms with Crippen LogP contribution in [0.15, 0.2) is 16.6 Å². The summed E-state index contributed by atoms with van der Waals surface area (Å²) < 4.78 is 13.5. The number of phenols is 1. The van der Waals surface area contributed by atoms with Crippen molar-refractivity contribution in [2.45, 2.75) is 6.54 Å². The molecule has 1 fully saturated rings. The minimum absolute atomic E-state index is 0.0369. The van der Waals surface area contributed by atoms with Crippen LogP contribution in [0.4, 0.5) is 4.39 Å². The molecular weight excluding hydrogens is 275 g/mol. The van der Waals surface area contributed by atoms with Crippen LogP contribution in [-0.4, -0.2) is 36.2 Å². The molecule has 1 saturated heterocycles. The molecule has 88 valence electrons. The predicted molar refractivity (Wildman–Crippen MR) is 63.9 cm³/mol. The first-order chi connectivity index (χ1) is 7.66. The van der Waals surface area contributed by atoms with Crippen LogP contribution in [0.3, 0.4) is 0 Å². The van der Waals surface area contributed by atoms with E-state index >= 15 is 0 Å². The Morgan fingerprint density at radius 2 is 2.06 bits per heavy atom. The van der Waals surface area contributed by atoms with Crippen molar-refractivity contribution in [3.05, 3.63) is 28.0 Å². The highest BCUT2D eigenvalue weighted by Gasteiger charge is 2.12. The number of nitrogens with zero attached hydrogens (tertiary/aromatic N) is 1. The Morgan fingerprint density at radius 1 is 1.38 bits per heavy atom. The first-order valence-corrected chi connectivity index (χ1v) is 6.06. The maximum atomic E-state index is 13.4. The Morgan fingerprint density at radius 3 is 2.69 bits per heavy atom. The highest BCUT2D eigenvalue weighted by atomic mass is 79.9. The van der Waals surface area contributed by atoms with Gasteiger partial charge < -0.3 is 10.4 Å². The van der Waals surface area contributed by atoms with Crippen molar-refractivity contribution in [2.24, 2.45) is 0 Å². The zero-order valence-corrected chi connectivity index (χ0v) is 10.4. The van der Waals surface area contributed by atoms with Gasteiger partial charge in [0.15, 0.2) is 0 Å². The zero-order valence-electron chi connectivity index (χ0n) is 8.84. The van der Waals surface area contributed by atoms with E-state index in [1.807, 2.05) is 0 Å². The summed E-state index contributed by atoms with van der Waals surface area (Å²) in [5.41, 5.74) is 0.806. The van der Waals surface area contributed by atoms with Gasteiger partial charge in [0.25, 0.3) is 0 Å². The van der Waals surface area contributed by atoms with Crippen molar-refractivity contribution in [2.75, 3.05) is 26.2 Å². The van der Waals surface area contributed by atoms with Crippen LogP contribution in [0, 0.1) is 5.82 Å². The summed E-state index contributed by atoms with van der Waals surface area (Å²) in [4.78, 5) is 2.23.